The summed E-state index contributed by atoms with van der Waals surface area (Å²) < 4.78 is 40.9. The number of hydrogen-bond acceptors (Lipinski definition) is 6. The zero-order valence-corrected chi connectivity index (χ0v) is 20.7. The van der Waals surface area contributed by atoms with Crippen molar-refractivity contribution >= 4 is 33.1 Å². The minimum Gasteiger partial charge on any atom is -0.490 e. The van der Waals surface area contributed by atoms with Crippen molar-refractivity contribution in [2.24, 2.45) is 0 Å². The van der Waals surface area contributed by atoms with Gasteiger partial charge in [-0.1, -0.05) is 23.7 Å². The van der Waals surface area contributed by atoms with Crippen molar-refractivity contribution in [2.75, 3.05) is 29.8 Å². The van der Waals surface area contributed by atoms with Crippen LogP contribution in [-0.4, -0.2) is 33.6 Å². The Labute approximate surface area is 204 Å². The molecule has 1 N–H and O–H groups in total. The fourth-order valence-electron chi connectivity index (χ4n) is 4.34. The molecule has 5 rings (SSSR count). The van der Waals surface area contributed by atoms with Crippen LogP contribution in [0.4, 0.5) is 11.5 Å². The first kappa shape index (κ1) is 22.8. The molecule has 2 aromatic carbocycles. The van der Waals surface area contributed by atoms with Gasteiger partial charge in [0.15, 0.2) is 11.6 Å². The average molecular weight is 500 g/mol. The number of aryl methyl sites for hydroxylation is 2. The van der Waals surface area contributed by atoms with Crippen LogP contribution in [0.2, 0.25) is 5.02 Å². The molecule has 178 valence electrons. The van der Waals surface area contributed by atoms with E-state index in [0.29, 0.717) is 22.9 Å². The van der Waals surface area contributed by atoms with E-state index < -0.39 is 10.0 Å². The molecule has 0 amide bonds. The van der Waals surface area contributed by atoms with E-state index in [0.717, 1.165) is 54.1 Å². The maximum Gasteiger partial charge on any atom is 0.263 e. The molecule has 1 aliphatic carbocycles. The molecule has 2 heterocycles. The van der Waals surface area contributed by atoms with Crippen LogP contribution in [-0.2, 0) is 29.5 Å². The van der Waals surface area contributed by atoms with Crippen molar-refractivity contribution < 1.29 is 17.9 Å². The lowest BCUT2D eigenvalue weighted by atomic mass is 10.1. The topological polar surface area (TPSA) is 80.8 Å². The summed E-state index contributed by atoms with van der Waals surface area (Å²) in [4.78, 5) is 6.90. The summed E-state index contributed by atoms with van der Waals surface area (Å²) >= 11 is 6.16. The van der Waals surface area contributed by atoms with E-state index in [4.69, 9.17) is 21.1 Å². The van der Waals surface area contributed by atoms with E-state index in [1.165, 1.54) is 6.07 Å². The lowest BCUT2D eigenvalue weighted by molar-refractivity contribution is 0.302. The quantitative estimate of drug-likeness (QED) is 0.527. The highest BCUT2D eigenvalue weighted by Gasteiger charge is 2.24. The lowest BCUT2D eigenvalue weighted by Crippen LogP contribution is -2.28. The summed E-state index contributed by atoms with van der Waals surface area (Å²) in [5, 5.41) is 0.391. The Hall–Kier alpha value is -2.97. The van der Waals surface area contributed by atoms with Crippen LogP contribution in [0.5, 0.6) is 11.5 Å². The number of benzene rings is 2. The number of nitrogens with one attached hydrogen (secondary N) is 1. The van der Waals surface area contributed by atoms with Gasteiger partial charge in [0.1, 0.15) is 19.0 Å². The molecule has 2 aliphatic rings. The Morgan fingerprint density at radius 3 is 2.91 bits per heavy atom. The van der Waals surface area contributed by atoms with Crippen LogP contribution in [0.15, 0.2) is 47.4 Å². The number of nitrogens with zero attached hydrogens (tertiary/aromatic N) is 2. The van der Waals surface area contributed by atoms with Gasteiger partial charge < -0.3 is 14.4 Å². The summed E-state index contributed by atoms with van der Waals surface area (Å²) in [5.74, 6) is 1.45. The third-order valence-corrected chi connectivity index (χ3v) is 8.16. The second kappa shape index (κ2) is 9.00. The van der Waals surface area contributed by atoms with Gasteiger partial charge in [0.2, 0.25) is 0 Å². The molecule has 9 heteroatoms. The standard InChI is InChI=1S/C25H26ClN3O4S/c1-16-19(26)6-4-8-24(16)34(30,31)28-25-23(14-18-5-3-7-20(18)27-25)33-15-17-9-10-22-21(13-17)29(2)11-12-32-22/h4,6,8-10,13-14H,3,5,7,11-12,15H2,1-2H3,(H,27,28). The van der Waals surface area contributed by atoms with E-state index in [-0.39, 0.29) is 17.3 Å². The Bertz CT molecular complexity index is 1360. The minimum absolute atomic E-state index is 0.117. The van der Waals surface area contributed by atoms with Gasteiger partial charge in [0, 0.05) is 17.8 Å². The second-order valence-corrected chi connectivity index (χ2v) is 10.7. The fraction of sp³-hybridized carbons (Fsp3) is 0.320. The third kappa shape index (κ3) is 4.40. The molecule has 0 atom stereocenters. The summed E-state index contributed by atoms with van der Waals surface area (Å²) in [6.07, 6.45) is 2.71. The Morgan fingerprint density at radius 2 is 2.06 bits per heavy atom. The van der Waals surface area contributed by atoms with Crippen molar-refractivity contribution in [2.45, 2.75) is 37.7 Å². The van der Waals surface area contributed by atoms with Crippen molar-refractivity contribution in [1.29, 1.82) is 0 Å². The highest BCUT2D eigenvalue weighted by atomic mass is 35.5. The molecule has 0 saturated heterocycles. The molecule has 0 bridgehead atoms. The molecule has 34 heavy (non-hydrogen) atoms. The van der Waals surface area contributed by atoms with E-state index in [1.807, 2.05) is 31.3 Å². The SMILES string of the molecule is Cc1c(Cl)cccc1S(=O)(=O)Nc1nc2c(cc1OCc1ccc3c(c1)N(C)CCO3)CCC2. The highest BCUT2D eigenvalue weighted by Crippen LogP contribution is 2.35. The normalized spacial score (nSPS) is 14.9. The van der Waals surface area contributed by atoms with Gasteiger partial charge in [-0.3, -0.25) is 4.72 Å². The van der Waals surface area contributed by atoms with Gasteiger partial charge in [0.05, 0.1) is 17.1 Å². The monoisotopic (exact) mass is 499 g/mol. The van der Waals surface area contributed by atoms with Gasteiger partial charge in [-0.05, 0) is 73.2 Å². The first-order valence-electron chi connectivity index (χ1n) is 11.2. The number of pyridine rings is 1. The zero-order chi connectivity index (χ0) is 23.9. The number of ether oxygens (including phenoxy) is 2. The van der Waals surface area contributed by atoms with Crippen molar-refractivity contribution in [3.05, 3.63) is 69.9 Å². The molecule has 0 radical (unpaired) electrons. The first-order valence-corrected chi connectivity index (χ1v) is 13.1. The first-order chi connectivity index (χ1) is 16.3. The molecule has 1 aromatic heterocycles. The number of anilines is 2. The summed E-state index contributed by atoms with van der Waals surface area (Å²) in [6.45, 7) is 3.43. The average Bonchev–Trinajstić information content (AvgIpc) is 3.26. The van der Waals surface area contributed by atoms with Crippen LogP contribution in [0.3, 0.4) is 0 Å². The van der Waals surface area contributed by atoms with Gasteiger partial charge in [-0.25, -0.2) is 13.4 Å². The fourth-order valence-corrected chi connectivity index (χ4v) is 5.85. The Balaban J connectivity index is 1.44. The molecule has 0 fully saturated rings. The highest BCUT2D eigenvalue weighted by molar-refractivity contribution is 7.92. The van der Waals surface area contributed by atoms with Gasteiger partial charge in [0.25, 0.3) is 10.0 Å². The van der Waals surface area contributed by atoms with E-state index >= 15 is 0 Å². The number of rotatable bonds is 6. The van der Waals surface area contributed by atoms with E-state index in [1.54, 1.807) is 19.1 Å². The predicted octanol–water partition coefficient (Wildman–Crippen LogP) is 4.74. The number of sulfonamides is 1. The summed E-state index contributed by atoms with van der Waals surface area (Å²) in [7, 11) is -1.88. The van der Waals surface area contributed by atoms with Crippen LogP contribution < -0.4 is 19.1 Å². The molecular formula is C25H26ClN3O4S. The zero-order valence-electron chi connectivity index (χ0n) is 19.1. The number of fused-ring (bicyclic) bond motifs is 2. The van der Waals surface area contributed by atoms with Gasteiger partial charge >= 0.3 is 0 Å². The van der Waals surface area contributed by atoms with Crippen LogP contribution in [0.25, 0.3) is 0 Å². The summed E-state index contributed by atoms with van der Waals surface area (Å²) in [5.41, 5.74) is 4.45. The molecule has 0 spiro atoms. The van der Waals surface area contributed by atoms with Crippen molar-refractivity contribution in [1.82, 2.24) is 4.98 Å². The Kier molecular flexibility index (Phi) is 6.04. The van der Waals surface area contributed by atoms with Crippen molar-refractivity contribution in [3.8, 4) is 11.5 Å². The largest absolute Gasteiger partial charge is 0.490 e. The second-order valence-electron chi connectivity index (χ2n) is 8.62. The lowest BCUT2D eigenvalue weighted by Gasteiger charge is -2.28. The molecule has 3 aromatic rings. The van der Waals surface area contributed by atoms with Crippen molar-refractivity contribution in [3.63, 3.8) is 0 Å². The van der Waals surface area contributed by atoms with Crippen LogP contribution in [0.1, 0.15) is 28.8 Å². The van der Waals surface area contributed by atoms with Gasteiger partial charge in [-0.2, -0.15) is 0 Å². The molecule has 7 nitrogen and oxygen atoms in total. The van der Waals surface area contributed by atoms with E-state index in [9.17, 15) is 8.42 Å². The van der Waals surface area contributed by atoms with E-state index in [2.05, 4.69) is 14.6 Å². The predicted molar refractivity (Wildman–Crippen MR) is 133 cm³/mol. The number of likely N-dealkylation sites (N-methyl/N-ethyl adjacent to an activating group) is 1. The third-order valence-electron chi connectivity index (χ3n) is 6.27. The minimum atomic E-state index is -3.91. The maximum absolute atomic E-state index is 13.2. The summed E-state index contributed by atoms with van der Waals surface area (Å²) in [6, 6.07) is 12.7. The molecular weight excluding hydrogens is 474 g/mol. The number of aromatic nitrogens is 1. The molecule has 0 saturated carbocycles. The number of halogens is 1. The molecule has 0 unspecified atom stereocenters. The molecule has 1 aliphatic heterocycles. The number of hydrogen-bond donors (Lipinski definition) is 1. The van der Waals surface area contributed by atoms with Gasteiger partial charge in [-0.15, -0.1) is 0 Å². The van der Waals surface area contributed by atoms with Crippen LogP contribution in [0, 0.1) is 6.92 Å². The Morgan fingerprint density at radius 1 is 1.21 bits per heavy atom. The van der Waals surface area contributed by atoms with Crippen LogP contribution >= 0.6 is 11.6 Å². The smallest absolute Gasteiger partial charge is 0.263 e. The maximum atomic E-state index is 13.2.